The van der Waals surface area contributed by atoms with Crippen LogP contribution in [0, 0.1) is 0 Å². The van der Waals surface area contributed by atoms with Gasteiger partial charge >= 0.3 is 0 Å². The normalized spacial score (nSPS) is 12.3. The smallest absolute Gasteiger partial charge is 0.0775 e. The van der Waals surface area contributed by atoms with Crippen molar-refractivity contribution in [3.63, 3.8) is 0 Å². The number of hydrogen-bond donors (Lipinski definition) is 0. The van der Waals surface area contributed by atoms with Crippen LogP contribution in [0.2, 0.25) is 19.6 Å². The van der Waals surface area contributed by atoms with Crippen LogP contribution < -0.4 is 5.19 Å². The average Bonchev–Trinajstić information content (AvgIpc) is 2.18. The maximum atomic E-state index is 3.41. The molecule has 15 heavy (non-hydrogen) atoms. The molecule has 0 heterocycles. The third-order valence-electron chi connectivity index (χ3n) is 2.36. The predicted molar refractivity (Wildman–Crippen MR) is 76.9 cm³/mol. The summed E-state index contributed by atoms with van der Waals surface area (Å²) in [6, 6.07) is 9.00. The van der Waals surface area contributed by atoms with Gasteiger partial charge in [0.2, 0.25) is 0 Å². The molecule has 0 radical (unpaired) electrons. The van der Waals surface area contributed by atoms with E-state index in [1.165, 1.54) is 10.8 Å². The van der Waals surface area contributed by atoms with E-state index in [1.807, 2.05) is 0 Å². The van der Waals surface area contributed by atoms with Gasteiger partial charge in [0.05, 0.1) is 8.07 Å². The number of benzene rings is 1. The predicted octanol–water partition coefficient (Wildman–Crippen LogP) is 4.03. The molecule has 0 aromatic heterocycles. The van der Waals surface area contributed by atoms with Crippen LogP contribution in [0.15, 0.2) is 30.3 Å². The molecule has 0 aliphatic heterocycles. The number of allylic oxidation sites excluding steroid dienone is 1. The van der Waals surface area contributed by atoms with Crippen molar-refractivity contribution in [3.8, 4) is 0 Å². The van der Waals surface area contributed by atoms with Gasteiger partial charge in [0.1, 0.15) is 0 Å². The molecule has 0 saturated carbocycles. The number of rotatable bonds is 4. The summed E-state index contributed by atoms with van der Waals surface area (Å²) in [6.45, 7) is 7.13. The van der Waals surface area contributed by atoms with Crippen molar-refractivity contribution < 1.29 is 0 Å². The van der Waals surface area contributed by atoms with Crippen molar-refractivity contribution in [1.82, 2.24) is 0 Å². The van der Waals surface area contributed by atoms with E-state index >= 15 is 0 Å². The molecule has 0 bridgehead atoms. The van der Waals surface area contributed by atoms with Crippen LogP contribution in [-0.4, -0.2) is 13.4 Å². The quantitative estimate of drug-likeness (QED) is 0.578. The lowest BCUT2D eigenvalue weighted by atomic mass is 10.2. The summed E-state index contributed by atoms with van der Waals surface area (Å²) >= 11 is 3.41. The maximum Gasteiger partial charge on any atom is 0.0775 e. The zero-order valence-electron chi connectivity index (χ0n) is 9.76. The molecule has 82 valence electrons. The summed E-state index contributed by atoms with van der Waals surface area (Å²) < 4.78 is 0. The molecule has 0 atom stereocenters. The van der Waals surface area contributed by atoms with Crippen LogP contribution in [0.4, 0.5) is 0 Å². The van der Waals surface area contributed by atoms with Crippen molar-refractivity contribution >= 4 is 35.3 Å². The van der Waals surface area contributed by atoms with E-state index < -0.39 is 8.07 Å². The molecule has 2 heteroatoms. The second-order valence-corrected chi connectivity index (χ2v) is 10.6. The molecule has 0 N–H and O–H groups in total. The monoisotopic (exact) mass is 282 g/mol. The van der Waals surface area contributed by atoms with Crippen molar-refractivity contribution in [3.05, 3.63) is 35.9 Å². The lowest BCUT2D eigenvalue weighted by Gasteiger charge is -2.16. The lowest BCUT2D eigenvalue weighted by Crippen LogP contribution is -2.37. The molecule has 0 nitrogen and oxygen atoms in total. The van der Waals surface area contributed by atoms with Gasteiger partial charge in [-0.25, -0.2) is 0 Å². The summed E-state index contributed by atoms with van der Waals surface area (Å²) in [6.07, 6.45) is 5.49. The number of halogens is 1. The first-order valence-corrected chi connectivity index (χ1v) is 9.99. The Morgan fingerprint density at radius 1 is 1.13 bits per heavy atom. The SMILES string of the molecule is C[Si](C)(C)c1ccc(C=CCCBr)cc1. The number of alkyl halides is 1. The summed E-state index contributed by atoms with van der Waals surface area (Å²) in [5, 5.41) is 2.57. The minimum absolute atomic E-state index is 1.04. The molecular formula is C13H19BrSi. The van der Waals surface area contributed by atoms with Crippen LogP contribution >= 0.6 is 15.9 Å². The molecule has 1 rings (SSSR count). The second kappa shape index (κ2) is 5.66. The van der Waals surface area contributed by atoms with Gasteiger partial charge in [-0.05, 0) is 12.0 Å². The lowest BCUT2D eigenvalue weighted by molar-refractivity contribution is 1.27. The van der Waals surface area contributed by atoms with Gasteiger partial charge in [-0.15, -0.1) is 0 Å². The van der Waals surface area contributed by atoms with Crippen LogP contribution in [0.3, 0.4) is 0 Å². The topological polar surface area (TPSA) is 0 Å². The van der Waals surface area contributed by atoms with Gasteiger partial charge < -0.3 is 0 Å². The Balaban J connectivity index is 2.73. The maximum absolute atomic E-state index is 3.41. The van der Waals surface area contributed by atoms with E-state index in [-0.39, 0.29) is 0 Å². The molecule has 0 aliphatic carbocycles. The van der Waals surface area contributed by atoms with Crippen molar-refractivity contribution in [2.75, 3.05) is 5.33 Å². The minimum atomic E-state index is -1.13. The highest BCUT2D eigenvalue weighted by Gasteiger charge is 2.15. The Kier molecular flexibility index (Phi) is 4.80. The largest absolute Gasteiger partial charge is 0.0925 e. The number of hydrogen-bond acceptors (Lipinski definition) is 0. The van der Waals surface area contributed by atoms with Gasteiger partial charge in [0.25, 0.3) is 0 Å². The fourth-order valence-corrected chi connectivity index (χ4v) is 2.81. The Bertz CT molecular complexity index is 319. The van der Waals surface area contributed by atoms with Gasteiger partial charge in [0.15, 0.2) is 0 Å². The van der Waals surface area contributed by atoms with E-state index in [9.17, 15) is 0 Å². The summed E-state index contributed by atoms with van der Waals surface area (Å²) in [4.78, 5) is 0. The van der Waals surface area contributed by atoms with Gasteiger partial charge in [-0.1, -0.05) is 77.2 Å². The average molecular weight is 283 g/mol. The third kappa shape index (κ3) is 4.35. The molecule has 0 amide bonds. The van der Waals surface area contributed by atoms with Crippen molar-refractivity contribution in [1.29, 1.82) is 0 Å². The van der Waals surface area contributed by atoms with E-state index in [2.05, 4.69) is 72.0 Å². The summed E-state index contributed by atoms with van der Waals surface area (Å²) in [5.41, 5.74) is 1.30. The van der Waals surface area contributed by atoms with Crippen LogP contribution in [0.5, 0.6) is 0 Å². The Hall–Kier alpha value is -0.343. The molecule has 0 aliphatic rings. The third-order valence-corrected chi connectivity index (χ3v) is 4.89. The zero-order chi connectivity index (χ0) is 11.3. The van der Waals surface area contributed by atoms with E-state index in [0.717, 1.165) is 11.8 Å². The fraction of sp³-hybridized carbons (Fsp3) is 0.385. The van der Waals surface area contributed by atoms with Crippen LogP contribution in [0.1, 0.15) is 12.0 Å². The van der Waals surface area contributed by atoms with Gasteiger partial charge in [-0.2, -0.15) is 0 Å². The first kappa shape index (κ1) is 12.7. The van der Waals surface area contributed by atoms with Crippen molar-refractivity contribution in [2.24, 2.45) is 0 Å². The Morgan fingerprint density at radius 3 is 2.20 bits per heavy atom. The van der Waals surface area contributed by atoms with Gasteiger partial charge in [-0.3, -0.25) is 0 Å². The van der Waals surface area contributed by atoms with E-state index in [4.69, 9.17) is 0 Å². The first-order valence-electron chi connectivity index (χ1n) is 5.37. The Morgan fingerprint density at radius 2 is 1.73 bits per heavy atom. The highest BCUT2D eigenvalue weighted by molar-refractivity contribution is 9.09. The minimum Gasteiger partial charge on any atom is -0.0925 e. The van der Waals surface area contributed by atoms with E-state index in [0.29, 0.717) is 0 Å². The molecule has 0 saturated heterocycles. The van der Waals surface area contributed by atoms with Crippen LogP contribution in [0.25, 0.3) is 6.08 Å². The van der Waals surface area contributed by atoms with Crippen molar-refractivity contribution in [2.45, 2.75) is 26.1 Å². The van der Waals surface area contributed by atoms with E-state index in [1.54, 1.807) is 0 Å². The molecule has 0 spiro atoms. The summed E-state index contributed by atoms with van der Waals surface area (Å²) in [5.74, 6) is 0. The second-order valence-electron chi connectivity index (χ2n) is 4.75. The molecular weight excluding hydrogens is 264 g/mol. The fourth-order valence-electron chi connectivity index (χ4n) is 1.38. The Labute approximate surface area is 103 Å². The highest BCUT2D eigenvalue weighted by atomic mass is 79.9. The highest BCUT2D eigenvalue weighted by Crippen LogP contribution is 2.06. The zero-order valence-corrected chi connectivity index (χ0v) is 12.3. The standard InChI is InChI=1S/C13H19BrSi/c1-15(2,3)13-9-7-12(8-10-13)6-4-5-11-14/h4,6-10H,5,11H2,1-3H3. The van der Waals surface area contributed by atoms with Gasteiger partial charge in [0, 0.05) is 5.33 Å². The molecule has 1 aromatic carbocycles. The first-order chi connectivity index (χ1) is 7.04. The summed E-state index contributed by atoms with van der Waals surface area (Å²) in [7, 11) is -1.13. The molecule has 0 fully saturated rings. The molecule has 0 unspecified atom stereocenters. The van der Waals surface area contributed by atoms with Crippen LogP contribution in [-0.2, 0) is 0 Å². The molecule has 1 aromatic rings.